The molecule has 0 bridgehead atoms. The highest BCUT2D eigenvalue weighted by Crippen LogP contribution is 2.38. The summed E-state index contributed by atoms with van der Waals surface area (Å²) in [5, 5.41) is 2.80. The van der Waals surface area contributed by atoms with E-state index in [0.29, 0.717) is 6.42 Å². The lowest BCUT2D eigenvalue weighted by Crippen LogP contribution is -2.54. The van der Waals surface area contributed by atoms with Gasteiger partial charge in [0.15, 0.2) is 5.78 Å². The Kier molecular flexibility index (Phi) is 4.49. The Bertz CT molecular complexity index is 736. The summed E-state index contributed by atoms with van der Waals surface area (Å²) < 4.78 is 18.6. The zero-order valence-corrected chi connectivity index (χ0v) is 14.3. The van der Waals surface area contributed by atoms with Crippen LogP contribution in [-0.2, 0) is 4.79 Å². The summed E-state index contributed by atoms with van der Waals surface area (Å²) in [4.78, 5) is 38.7. The van der Waals surface area contributed by atoms with Crippen LogP contribution in [0.25, 0.3) is 0 Å². The smallest absolute Gasteiger partial charge is 0.325 e. The fourth-order valence-corrected chi connectivity index (χ4v) is 3.77. The number of rotatable bonds is 4. The number of carbonyl (C=O) groups is 3. The third-order valence-electron chi connectivity index (χ3n) is 5.27. The third kappa shape index (κ3) is 2.88. The van der Waals surface area contributed by atoms with Gasteiger partial charge in [0.05, 0.1) is 19.2 Å². The number of benzene rings is 1. The van der Waals surface area contributed by atoms with Gasteiger partial charge in [-0.25, -0.2) is 9.18 Å². The Balaban J connectivity index is 1.83. The SMILES string of the molecule is COc1ccc(F)cc1C(=O)CN1C(=O)N[C@@]2(CCCC[C@H]2C)C1=O. The maximum Gasteiger partial charge on any atom is 0.325 e. The molecule has 0 radical (unpaired) electrons. The van der Waals surface area contributed by atoms with E-state index in [4.69, 9.17) is 4.74 Å². The number of imide groups is 1. The summed E-state index contributed by atoms with van der Waals surface area (Å²) >= 11 is 0. The van der Waals surface area contributed by atoms with Crippen molar-refractivity contribution in [2.24, 2.45) is 5.92 Å². The zero-order chi connectivity index (χ0) is 18.2. The molecule has 0 aromatic heterocycles. The fraction of sp³-hybridized carbons (Fsp3) is 0.500. The van der Waals surface area contributed by atoms with Gasteiger partial charge in [0, 0.05) is 0 Å². The topological polar surface area (TPSA) is 75.7 Å². The standard InChI is InChI=1S/C18H21FN2O4/c1-11-5-3-4-8-18(11)16(23)21(17(24)20-18)10-14(22)13-9-12(19)6-7-15(13)25-2/h6-7,9,11H,3-5,8,10H2,1-2H3,(H,20,24)/t11-,18-/m1/s1. The molecule has 0 unspecified atom stereocenters. The maximum atomic E-state index is 13.5. The number of ketones is 1. The number of carbonyl (C=O) groups excluding carboxylic acids is 3. The average Bonchev–Trinajstić information content (AvgIpc) is 2.82. The van der Waals surface area contributed by atoms with E-state index in [1.807, 2.05) is 6.92 Å². The molecule has 7 heteroatoms. The van der Waals surface area contributed by atoms with Crippen LogP contribution < -0.4 is 10.1 Å². The minimum absolute atomic E-state index is 0.0146. The van der Waals surface area contributed by atoms with Gasteiger partial charge in [-0.2, -0.15) is 0 Å². The quantitative estimate of drug-likeness (QED) is 0.670. The second kappa shape index (κ2) is 6.46. The summed E-state index contributed by atoms with van der Waals surface area (Å²) in [5.41, 5.74) is -0.900. The molecule has 25 heavy (non-hydrogen) atoms. The van der Waals surface area contributed by atoms with Gasteiger partial charge in [-0.05, 0) is 37.0 Å². The van der Waals surface area contributed by atoms with Crippen molar-refractivity contribution in [3.8, 4) is 5.75 Å². The molecule has 1 heterocycles. The number of halogens is 1. The van der Waals surface area contributed by atoms with E-state index < -0.39 is 29.7 Å². The predicted molar refractivity (Wildman–Crippen MR) is 87.9 cm³/mol. The van der Waals surface area contributed by atoms with E-state index in [9.17, 15) is 18.8 Å². The van der Waals surface area contributed by atoms with Crippen LogP contribution in [0.5, 0.6) is 5.75 Å². The van der Waals surface area contributed by atoms with Crippen LogP contribution in [0.3, 0.4) is 0 Å². The fourth-order valence-electron chi connectivity index (χ4n) is 3.77. The molecular formula is C18H21FN2O4. The summed E-state index contributed by atoms with van der Waals surface area (Å²) in [7, 11) is 1.37. The molecule has 6 nitrogen and oxygen atoms in total. The monoisotopic (exact) mass is 348 g/mol. The van der Waals surface area contributed by atoms with Crippen LogP contribution in [0.2, 0.25) is 0 Å². The number of methoxy groups -OCH3 is 1. The first-order valence-corrected chi connectivity index (χ1v) is 8.40. The molecule has 134 valence electrons. The zero-order valence-electron chi connectivity index (χ0n) is 14.3. The molecule has 3 rings (SSSR count). The van der Waals surface area contributed by atoms with E-state index in [0.717, 1.165) is 30.2 Å². The highest BCUT2D eigenvalue weighted by Gasteiger charge is 2.55. The Morgan fingerprint density at radius 1 is 1.40 bits per heavy atom. The highest BCUT2D eigenvalue weighted by atomic mass is 19.1. The Morgan fingerprint density at radius 2 is 2.16 bits per heavy atom. The molecule has 1 aliphatic carbocycles. The second-order valence-corrected chi connectivity index (χ2v) is 6.71. The van der Waals surface area contributed by atoms with Crippen LogP contribution in [0.4, 0.5) is 9.18 Å². The molecule has 1 saturated heterocycles. The Morgan fingerprint density at radius 3 is 2.84 bits per heavy atom. The Hall–Kier alpha value is -2.44. The lowest BCUT2D eigenvalue weighted by Gasteiger charge is -2.36. The molecule has 1 aliphatic heterocycles. The van der Waals surface area contributed by atoms with Crippen molar-refractivity contribution >= 4 is 17.7 Å². The minimum Gasteiger partial charge on any atom is -0.496 e. The van der Waals surface area contributed by atoms with Crippen molar-refractivity contribution in [2.45, 2.75) is 38.1 Å². The van der Waals surface area contributed by atoms with E-state index in [1.165, 1.54) is 19.2 Å². The largest absolute Gasteiger partial charge is 0.496 e. The predicted octanol–water partition coefficient (Wildman–Crippen LogP) is 2.52. The summed E-state index contributed by atoms with van der Waals surface area (Å²) in [6.45, 7) is 1.51. The summed E-state index contributed by atoms with van der Waals surface area (Å²) in [6.07, 6.45) is 3.31. The molecule has 1 saturated carbocycles. The number of nitrogens with zero attached hydrogens (tertiary/aromatic N) is 1. The highest BCUT2D eigenvalue weighted by molar-refractivity contribution is 6.11. The summed E-state index contributed by atoms with van der Waals surface area (Å²) in [5.74, 6) is -1.27. The molecule has 1 aromatic rings. The van der Waals surface area contributed by atoms with Crippen LogP contribution in [0.15, 0.2) is 18.2 Å². The lowest BCUT2D eigenvalue weighted by molar-refractivity contribution is -0.133. The summed E-state index contributed by atoms with van der Waals surface area (Å²) in [6, 6.07) is 3.02. The number of nitrogens with one attached hydrogen (secondary N) is 1. The van der Waals surface area contributed by atoms with Crippen molar-refractivity contribution in [2.75, 3.05) is 13.7 Å². The van der Waals surface area contributed by atoms with Crippen LogP contribution in [0.1, 0.15) is 43.0 Å². The van der Waals surface area contributed by atoms with Crippen molar-refractivity contribution in [1.82, 2.24) is 10.2 Å². The Labute approximate surface area is 145 Å². The number of Topliss-reactive ketones (excluding diaryl/α,β-unsaturated/α-hetero) is 1. The first-order chi connectivity index (χ1) is 11.9. The van der Waals surface area contributed by atoms with Gasteiger partial charge < -0.3 is 10.1 Å². The van der Waals surface area contributed by atoms with Gasteiger partial charge >= 0.3 is 6.03 Å². The molecule has 1 aromatic carbocycles. The molecule has 2 aliphatic rings. The molecular weight excluding hydrogens is 327 g/mol. The van der Waals surface area contributed by atoms with Crippen molar-refractivity contribution in [1.29, 1.82) is 0 Å². The number of ether oxygens (including phenoxy) is 1. The van der Waals surface area contributed by atoms with Crippen molar-refractivity contribution < 1.29 is 23.5 Å². The number of hydrogen-bond acceptors (Lipinski definition) is 4. The van der Waals surface area contributed by atoms with Gasteiger partial charge in [-0.15, -0.1) is 0 Å². The maximum absolute atomic E-state index is 13.5. The second-order valence-electron chi connectivity index (χ2n) is 6.71. The number of urea groups is 1. The van der Waals surface area contributed by atoms with Gasteiger partial charge in [-0.3, -0.25) is 14.5 Å². The van der Waals surface area contributed by atoms with Crippen LogP contribution >= 0.6 is 0 Å². The molecule has 1 spiro atoms. The van der Waals surface area contributed by atoms with Crippen LogP contribution in [-0.4, -0.2) is 41.8 Å². The van der Waals surface area contributed by atoms with Crippen LogP contribution in [0, 0.1) is 11.7 Å². The lowest BCUT2D eigenvalue weighted by atomic mass is 9.73. The van der Waals surface area contributed by atoms with Crippen molar-refractivity contribution in [3.63, 3.8) is 0 Å². The molecule has 3 amide bonds. The first-order valence-electron chi connectivity index (χ1n) is 8.40. The van der Waals surface area contributed by atoms with Gasteiger partial charge in [0.2, 0.25) is 0 Å². The normalized spacial score (nSPS) is 26.0. The van der Waals surface area contributed by atoms with Gasteiger partial charge in [0.25, 0.3) is 5.91 Å². The van der Waals surface area contributed by atoms with E-state index >= 15 is 0 Å². The van der Waals surface area contributed by atoms with Crippen molar-refractivity contribution in [3.05, 3.63) is 29.6 Å². The molecule has 2 fully saturated rings. The molecule has 2 atom stereocenters. The van der Waals surface area contributed by atoms with E-state index in [1.54, 1.807) is 0 Å². The first kappa shape index (κ1) is 17.4. The number of hydrogen-bond donors (Lipinski definition) is 1. The van der Waals surface area contributed by atoms with E-state index in [2.05, 4.69) is 5.32 Å². The average molecular weight is 348 g/mol. The molecule has 1 N–H and O–H groups in total. The van der Waals surface area contributed by atoms with E-state index in [-0.39, 0.29) is 23.1 Å². The third-order valence-corrected chi connectivity index (χ3v) is 5.27. The van der Waals surface area contributed by atoms with Gasteiger partial charge in [-0.1, -0.05) is 19.8 Å². The minimum atomic E-state index is -0.915. The van der Waals surface area contributed by atoms with Gasteiger partial charge in [0.1, 0.15) is 17.1 Å². The number of amides is 3.